The molecule has 2 saturated carbocycles. The molecule has 0 aromatic carbocycles. The minimum atomic E-state index is 0.349. The van der Waals surface area contributed by atoms with Crippen LogP contribution in [0, 0.1) is 17.8 Å². The lowest BCUT2D eigenvalue weighted by molar-refractivity contribution is -0.118. The minimum Gasteiger partial charge on any atom is -0.371 e. The van der Waals surface area contributed by atoms with Crippen LogP contribution in [0.2, 0.25) is 0 Å². The molecule has 0 aromatic rings. The van der Waals surface area contributed by atoms with Crippen LogP contribution in [0.25, 0.3) is 0 Å². The highest BCUT2D eigenvalue weighted by atomic mass is 16.5. The summed E-state index contributed by atoms with van der Waals surface area (Å²) in [5, 5.41) is 0. The Balaban J connectivity index is 1.70. The van der Waals surface area contributed by atoms with Gasteiger partial charge in [0.05, 0.1) is 12.2 Å². The normalized spacial score (nSPS) is 47.9. The maximum atomic E-state index is 6.17. The molecule has 16 heavy (non-hydrogen) atoms. The molecule has 3 unspecified atom stereocenters. The van der Waals surface area contributed by atoms with Gasteiger partial charge in [0.15, 0.2) is 0 Å². The monoisotopic (exact) mass is 220 g/mol. The van der Waals surface area contributed by atoms with Crippen LogP contribution in [0.3, 0.4) is 0 Å². The molecule has 3 fully saturated rings. The van der Waals surface area contributed by atoms with Crippen molar-refractivity contribution in [2.45, 2.75) is 63.6 Å². The Bertz CT molecular complexity index is 260. The number of fused-ring (bicyclic) bond motifs is 3. The van der Waals surface area contributed by atoms with Crippen LogP contribution < -0.4 is 0 Å². The predicted octanol–water partition coefficient (Wildman–Crippen LogP) is 3.94. The zero-order chi connectivity index (χ0) is 11.0. The molecule has 0 aromatic heterocycles. The van der Waals surface area contributed by atoms with E-state index in [0.717, 1.165) is 17.8 Å². The van der Waals surface area contributed by atoms with Crippen molar-refractivity contribution in [1.29, 1.82) is 0 Å². The van der Waals surface area contributed by atoms with Gasteiger partial charge in [0, 0.05) is 0 Å². The first kappa shape index (κ1) is 10.8. The van der Waals surface area contributed by atoms with Gasteiger partial charge in [-0.1, -0.05) is 25.3 Å². The maximum absolute atomic E-state index is 6.17. The minimum absolute atomic E-state index is 0.349. The maximum Gasteiger partial charge on any atom is 0.0757 e. The smallest absolute Gasteiger partial charge is 0.0757 e. The van der Waals surface area contributed by atoms with Gasteiger partial charge in [-0.15, -0.1) is 6.58 Å². The zero-order valence-electron chi connectivity index (χ0n) is 10.2. The van der Waals surface area contributed by atoms with E-state index in [-0.39, 0.29) is 0 Å². The topological polar surface area (TPSA) is 9.23 Å². The standard InChI is InChI=1S/C15H24O/c1-2-12-8-9-14-13-6-4-3-5-11(13)7-10-15(14)16-12/h2,11-15H,1,3-10H2/t11?,12-,13?,14?,15+/m0/s1. The Labute approximate surface area is 99.3 Å². The van der Waals surface area contributed by atoms with E-state index in [4.69, 9.17) is 4.74 Å². The van der Waals surface area contributed by atoms with Crippen LogP contribution in [0.4, 0.5) is 0 Å². The molecule has 1 heteroatoms. The molecule has 0 spiro atoms. The van der Waals surface area contributed by atoms with Crippen molar-refractivity contribution >= 4 is 0 Å². The molecule has 1 saturated heterocycles. The fraction of sp³-hybridized carbons (Fsp3) is 0.867. The average Bonchev–Trinajstić information content (AvgIpc) is 2.38. The Morgan fingerprint density at radius 1 is 0.875 bits per heavy atom. The van der Waals surface area contributed by atoms with E-state index in [9.17, 15) is 0 Å². The predicted molar refractivity (Wildman–Crippen MR) is 66.3 cm³/mol. The molecule has 90 valence electrons. The Morgan fingerprint density at radius 3 is 2.62 bits per heavy atom. The average molecular weight is 220 g/mol. The van der Waals surface area contributed by atoms with Gasteiger partial charge in [-0.3, -0.25) is 0 Å². The lowest BCUT2D eigenvalue weighted by Gasteiger charge is -2.48. The number of rotatable bonds is 1. The van der Waals surface area contributed by atoms with Gasteiger partial charge >= 0.3 is 0 Å². The molecule has 5 atom stereocenters. The van der Waals surface area contributed by atoms with Crippen LogP contribution in [0.15, 0.2) is 12.7 Å². The molecule has 1 heterocycles. The summed E-state index contributed by atoms with van der Waals surface area (Å²) in [5.74, 6) is 2.92. The second-order valence-electron chi connectivity index (χ2n) is 5.98. The molecule has 0 amide bonds. The van der Waals surface area contributed by atoms with E-state index in [0.29, 0.717) is 12.2 Å². The first-order chi connectivity index (χ1) is 7.88. The van der Waals surface area contributed by atoms with Crippen molar-refractivity contribution in [1.82, 2.24) is 0 Å². The number of hydrogen-bond acceptors (Lipinski definition) is 1. The molecule has 1 aliphatic heterocycles. The summed E-state index contributed by atoms with van der Waals surface area (Å²) in [6.45, 7) is 3.88. The molecule has 3 rings (SSSR count). The largest absolute Gasteiger partial charge is 0.371 e. The first-order valence-corrected chi connectivity index (χ1v) is 7.16. The molecule has 0 radical (unpaired) electrons. The first-order valence-electron chi connectivity index (χ1n) is 7.16. The third kappa shape index (κ3) is 1.84. The summed E-state index contributed by atoms with van der Waals surface area (Å²) in [6.07, 6.45) is 14.2. The summed E-state index contributed by atoms with van der Waals surface area (Å²) < 4.78 is 6.17. The third-order valence-corrected chi connectivity index (χ3v) is 5.21. The highest BCUT2D eigenvalue weighted by Gasteiger charge is 2.43. The van der Waals surface area contributed by atoms with Gasteiger partial charge in [0.25, 0.3) is 0 Å². The van der Waals surface area contributed by atoms with E-state index >= 15 is 0 Å². The Hall–Kier alpha value is -0.300. The molecule has 0 N–H and O–H groups in total. The lowest BCUT2D eigenvalue weighted by atomic mass is 9.62. The summed E-state index contributed by atoms with van der Waals surface area (Å²) in [6, 6.07) is 0. The highest BCUT2D eigenvalue weighted by Crippen LogP contribution is 2.48. The van der Waals surface area contributed by atoms with E-state index in [1.807, 2.05) is 6.08 Å². The van der Waals surface area contributed by atoms with E-state index in [1.54, 1.807) is 0 Å². The van der Waals surface area contributed by atoms with E-state index in [1.165, 1.54) is 51.4 Å². The van der Waals surface area contributed by atoms with Gasteiger partial charge < -0.3 is 4.74 Å². The highest BCUT2D eigenvalue weighted by molar-refractivity contribution is 4.95. The van der Waals surface area contributed by atoms with Crippen molar-refractivity contribution in [2.24, 2.45) is 17.8 Å². The van der Waals surface area contributed by atoms with E-state index in [2.05, 4.69) is 6.58 Å². The molecular formula is C15H24O. The van der Waals surface area contributed by atoms with Crippen molar-refractivity contribution in [3.8, 4) is 0 Å². The lowest BCUT2D eigenvalue weighted by Crippen LogP contribution is -2.45. The molecule has 0 bridgehead atoms. The SMILES string of the molecule is C=C[C@H]1CCC2C3CCCCC3CC[C@H]2O1. The number of hydrogen-bond donors (Lipinski definition) is 0. The third-order valence-electron chi connectivity index (χ3n) is 5.21. The molecular weight excluding hydrogens is 196 g/mol. The van der Waals surface area contributed by atoms with Gasteiger partial charge in [0.2, 0.25) is 0 Å². The van der Waals surface area contributed by atoms with Gasteiger partial charge in [0.1, 0.15) is 0 Å². The number of ether oxygens (including phenoxy) is 1. The van der Waals surface area contributed by atoms with Crippen LogP contribution in [0.5, 0.6) is 0 Å². The zero-order valence-corrected chi connectivity index (χ0v) is 10.2. The molecule has 3 aliphatic rings. The van der Waals surface area contributed by atoms with Crippen LogP contribution in [-0.4, -0.2) is 12.2 Å². The molecule has 2 aliphatic carbocycles. The quantitative estimate of drug-likeness (QED) is 0.608. The van der Waals surface area contributed by atoms with Crippen molar-refractivity contribution < 1.29 is 4.74 Å². The Morgan fingerprint density at radius 2 is 1.75 bits per heavy atom. The summed E-state index contributed by atoms with van der Waals surface area (Å²) >= 11 is 0. The van der Waals surface area contributed by atoms with Gasteiger partial charge in [-0.2, -0.15) is 0 Å². The fourth-order valence-corrected chi connectivity index (χ4v) is 4.42. The van der Waals surface area contributed by atoms with Crippen LogP contribution in [-0.2, 0) is 4.74 Å². The van der Waals surface area contributed by atoms with Crippen LogP contribution >= 0.6 is 0 Å². The van der Waals surface area contributed by atoms with Crippen molar-refractivity contribution in [3.63, 3.8) is 0 Å². The van der Waals surface area contributed by atoms with Crippen molar-refractivity contribution in [2.75, 3.05) is 0 Å². The Kier molecular flexibility index (Phi) is 3.06. The summed E-state index contributed by atoms with van der Waals surface area (Å²) in [7, 11) is 0. The fourth-order valence-electron chi connectivity index (χ4n) is 4.42. The summed E-state index contributed by atoms with van der Waals surface area (Å²) in [4.78, 5) is 0. The van der Waals surface area contributed by atoms with E-state index < -0.39 is 0 Å². The second-order valence-corrected chi connectivity index (χ2v) is 5.98. The van der Waals surface area contributed by atoms with Gasteiger partial charge in [-0.25, -0.2) is 0 Å². The second kappa shape index (κ2) is 4.52. The van der Waals surface area contributed by atoms with Crippen molar-refractivity contribution in [3.05, 3.63) is 12.7 Å². The summed E-state index contributed by atoms with van der Waals surface area (Å²) in [5.41, 5.74) is 0. The molecule has 1 nitrogen and oxygen atoms in total. The van der Waals surface area contributed by atoms with Gasteiger partial charge in [-0.05, 0) is 49.9 Å². The van der Waals surface area contributed by atoms with Crippen LogP contribution in [0.1, 0.15) is 51.4 Å².